The molecule has 0 radical (unpaired) electrons. The van der Waals surface area contributed by atoms with Crippen LogP contribution in [0.3, 0.4) is 0 Å². The molecule has 3 nitrogen and oxygen atoms in total. The van der Waals surface area contributed by atoms with Crippen molar-refractivity contribution in [3.05, 3.63) is 23.2 Å². The second-order valence-corrected chi connectivity index (χ2v) is 6.12. The first-order chi connectivity index (χ1) is 8.70. The van der Waals surface area contributed by atoms with Crippen LogP contribution in [0.25, 0.3) is 0 Å². The van der Waals surface area contributed by atoms with Crippen molar-refractivity contribution in [1.82, 2.24) is 10.2 Å². The number of hydrogen-bond donors (Lipinski definition) is 1. The van der Waals surface area contributed by atoms with E-state index in [-0.39, 0.29) is 0 Å². The van der Waals surface area contributed by atoms with E-state index in [4.69, 9.17) is 4.42 Å². The van der Waals surface area contributed by atoms with Crippen LogP contribution >= 0.6 is 11.8 Å². The number of aryl methyl sites for hydroxylation is 1. The Morgan fingerprint density at radius 3 is 3.11 bits per heavy atom. The summed E-state index contributed by atoms with van der Waals surface area (Å²) in [6.45, 7) is 10.6. The Balaban J connectivity index is 1.97. The Kier molecular flexibility index (Phi) is 5.15. The molecule has 2 rings (SSSR count). The fraction of sp³-hybridized carbons (Fsp3) is 0.714. The fourth-order valence-corrected chi connectivity index (χ4v) is 3.38. The number of hydrogen-bond acceptors (Lipinski definition) is 4. The van der Waals surface area contributed by atoms with Crippen LogP contribution in [0.15, 0.2) is 10.5 Å². The highest BCUT2D eigenvalue weighted by Crippen LogP contribution is 2.22. The summed E-state index contributed by atoms with van der Waals surface area (Å²) >= 11 is 2.06. The molecule has 1 aromatic heterocycles. The molecule has 1 aliphatic heterocycles. The Hall–Kier alpha value is -0.450. The average molecular weight is 268 g/mol. The third-order valence-corrected chi connectivity index (χ3v) is 4.69. The lowest BCUT2D eigenvalue weighted by Crippen LogP contribution is -2.39. The Labute approximate surface area is 114 Å². The van der Waals surface area contributed by atoms with Crippen molar-refractivity contribution in [2.75, 3.05) is 24.6 Å². The number of rotatable bonds is 5. The van der Waals surface area contributed by atoms with Gasteiger partial charge < -0.3 is 9.73 Å². The maximum Gasteiger partial charge on any atom is 0.118 e. The minimum atomic E-state index is 0.676. The zero-order valence-electron chi connectivity index (χ0n) is 11.7. The molecule has 102 valence electrons. The third kappa shape index (κ3) is 3.53. The highest BCUT2D eigenvalue weighted by molar-refractivity contribution is 7.99. The molecular formula is C14H24N2OS. The van der Waals surface area contributed by atoms with Crippen LogP contribution in [0.5, 0.6) is 0 Å². The van der Waals surface area contributed by atoms with E-state index >= 15 is 0 Å². The average Bonchev–Trinajstić information content (AvgIpc) is 2.70. The van der Waals surface area contributed by atoms with E-state index in [0.717, 1.165) is 31.2 Å². The van der Waals surface area contributed by atoms with Crippen LogP contribution in [0.4, 0.5) is 0 Å². The maximum atomic E-state index is 5.80. The van der Waals surface area contributed by atoms with Crippen LogP contribution in [-0.4, -0.2) is 35.5 Å². The van der Waals surface area contributed by atoms with Gasteiger partial charge in [-0.15, -0.1) is 0 Å². The van der Waals surface area contributed by atoms with E-state index in [2.05, 4.69) is 48.8 Å². The van der Waals surface area contributed by atoms with Gasteiger partial charge in [-0.05, 0) is 26.5 Å². The fourth-order valence-electron chi connectivity index (χ4n) is 2.30. The molecule has 0 spiro atoms. The van der Waals surface area contributed by atoms with Crippen molar-refractivity contribution in [2.24, 2.45) is 0 Å². The third-order valence-electron chi connectivity index (χ3n) is 3.50. The van der Waals surface area contributed by atoms with Gasteiger partial charge in [-0.25, -0.2) is 0 Å². The summed E-state index contributed by atoms with van der Waals surface area (Å²) in [7, 11) is 0. The molecule has 2 heterocycles. The lowest BCUT2D eigenvalue weighted by atomic mass is 10.2. The number of furan rings is 1. The van der Waals surface area contributed by atoms with E-state index in [9.17, 15) is 0 Å². The summed E-state index contributed by atoms with van der Waals surface area (Å²) in [5, 5.41) is 3.31. The summed E-state index contributed by atoms with van der Waals surface area (Å²) in [5.74, 6) is 4.64. The molecular weight excluding hydrogens is 244 g/mol. The second-order valence-electron chi connectivity index (χ2n) is 4.97. The van der Waals surface area contributed by atoms with E-state index in [1.54, 1.807) is 0 Å². The maximum absolute atomic E-state index is 5.80. The molecule has 1 atom stereocenters. The van der Waals surface area contributed by atoms with Gasteiger partial charge in [0.2, 0.25) is 0 Å². The zero-order chi connectivity index (χ0) is 13.0. The first-order valence-electron chi connectivity index (χ1n) is 6.81. The zero-order valence-corrected chi connectivity index (χ0v) is 12.5. The lowest BCUT2D eigenvalue weighted by molar-refractivity contribution is 0.222. The minimum absolute atomic E-state index is 0.676. The molecule has 0 saturated carbocycles. The van der Waals surface area contributed by atoms with Crippen molar-refractivity contribution in [1.29, 1.82) is 0 Å². The molecule has 1 fully saturated rings. The SMILES string of the molecule is CCNCc1cc(CN2CCSCC2C)c(C)o1. The molecule has 4 heteroatoms. The van der Waals surface area contributed by atoms with Gasteiger partial charge in [0.25, 0.3) is 0 Å². The van der Waals surface area contributed by atoms with Gasteiger partial charge in [0.15, 0.2) is 0 Å². The molecule has 1 aromatic rings. The van der Waals surface area contributed by atoms with Crippen molar-refractivity contribution >= 4 is 11.8 Å². The number of thioether (sulfide) groups is 1. The Morgan fingerprint density at radius 1 is 1.56 bits per heavy atom. The molecule has 18 heavy (non-hydrogen) atoms. The van der Waals surface area contributed by atoms with Gasteiger partial charge in [0.1, 0.15) is 11.5 Å². The van der Waals surface area contributed by atoms with Crippen molar-refractivity contribution in [3.8, 4) is 0 Å². The molecule has 0 aliphatic carbocycles. The highest BCUT2D eigenvalue weighted by atomic mass is 32.2. The minimum Gasteiger partial charge on any atom is -0.465 e. The molecule has 1 saturated heterocycles. The molecule has 0 bridgehead atoms. The normalized spacial score (nSPS) is 21.4. The number of nitrogens with one attached hydrogen (secondary N) is 1. The summed E-state index contributed by atoms with van der Waals surface area (Å²) < 4.78 is 5.80. The van der Waals surface area contributed by atoms with Crippen LogP contribution in [0, 0.1) is 6.92 Å². The number of nitrogens with zero attached hydrogens (tertiary/aromatic N) is 1. The summed E-state index contributed by atoms with van der Waals surface area (Å²) in [6, 6.07) is 2.89. The van der Waals surface area contributed by atoms with Crippen LogP contribution in [0.2, 0.25) is 0 Å². The quantitative estimate of drug-likeness (QED) is 0.888. The second kappa shape index (κ2) is 6.64. The van der Waals surface area contributed by atoms with Gasteiger partial charge in [0.05, 0.1) is 6.54 Å². The predicted molar refractivity (Wildman–Crippen MR) is 78.0 cm³/mol. The Bertz CT molecular complexity index is 378. The van der Waals surface area contributed by atoms with E-state index in [1.165, 1.54) is 23.6 Å². The van der Waals surface area contributed by atoms with Crippen molar-refractivity contribution in [2.45, 2.75) is 39.9 Å². The van der Waals surface area contributed by atoms with Gasteiger partial charge in [-0.1, -0.05) is 6.92 Å². The first-order valence-corrected chi connectivity index (χ1v) is 7.97. The summed E-state index contributed by atoms with van der Waals surface area (Å²) in [4.78, 5) is 2.56. The topological polar surface area (TPSA) is 28.4 Å². The van der Waals surface area contributed by atoms with Crippen molar-refractivity contribution in [3.63, 3.8) is 0 Å². The lowest BCUT2D eigenvalue weighted by Gasteiger charge is -2.32. The predicted octanol–water partition coefficient (Wildman–Crippen LogP) is 2.63. The van der Waals surface area contributed by atoms with Gasteiger partial charge >= 0.3 is 0 Å². The van der Waals surface area contributed by atoms with Gasteiger partial charge in [0, 0.05) is 36.2 Å². The van der Waals surface area contributed by atoms with E-state index in [0.29, 0.717) is 6.04 Å². The molecule has 1 N–H and O–H groups in total. The summed E-state index contributed by atoms with van der Waals surface area (Å²) in [5.41, 5.74) is 1.35. The van der Waals surface area contributed by atoms with E-state index < -0.39 is 0 Å². The molecule has 0 aromatic carbocycles. The van der Waals surface area contributed by atoms with Gasteiger partial charge in [-0.2, -0.15) is 11.8 Å². The smallest absolute Gasteiger partial charge is 0.118 e. The summed E-state index contributed by atoms with van der Waals surface area (Å²) in [6.07, 6.45) is 0. The largest absolute Gasteiger partial charge is 0.465 e. The van der Waals surface area contributed by atoms with Crippen LogP contribution in [-0.2, 0) is 13.1 Å². The molecule has 0 amide bonds. The molecule has 1 unspecified atom stereocenters. The Morgan fingerprint density at radius 2 is 2.39 bits per heavy atom. The monoisotopic (exact) mass is 268 g/mol. The van der Waals surface area contributed by atoms with Gasteiger partial charge in [-0.3, -0.25) is 4.90 Å². The standard InChI is InChI=1S/C14H24N2OS/c1-4-15-8-14-7-13(12(3)17-14)9-16-5-6-18-10-11(16)2/h7,11,15H,4-6,8-10H2,1-3H3. The molecule has 1 aliphatic rings. The van der Waals surface area contributed by atoms with E-state index in [1.807, 2.05) is 0 Å². The highest BCUT2D eigenvalue weighted by Gasteiger charge is 2.20. The van der Waals surface area contributed by atoms with Crippen molar-refractivity contribution < 1.29 is 4.42 Å². The van der Waals surface area contributed by atoms with Crippen LogP contribution < -0.4 is 5.32 Å². The van der Waals surface area contributed by atoms with Crippen LogP contribution in [0.1, 0.15) is 30.9 Å². The first kappa shape index (κ1) is 14.0.